The van der Waals surface area contributed by atoms with Gasteiger partial charge < -0.3 is 10.1 Å². The lowest BCUT2D eigenvalue weighted by atomic mass is 9.87. The van der Waals surface area contributed by atoms with Crippen molar-refractivity contribution in [1.29, 1.82) is 0 Å². The molecule has 4 aromatic rings. The van der Waals surface area contributed by atoms with Crippen molar-refractivity contribution in [2.45, 2.75) is 52.1 Å². The Balaban J connectivity index is 1.62. The van der Waals surface area contributed by atoms with E-state index in [1.807, 2.05) is 61.7 Å². The van der Waals surface area contributed by atoms with Crippen LogP contribution in [0.5, 0.6) is 5.75 Å². The average Bonchev–Trinajstić information content (AvgIpc) is 3.26. The van der Waals surface area contributed by atoms with Crippen molar-refractivity contribution in [1.82, 2.24) is 14.8 Å². The van der Waals surface area contributed by atoms with Crippen LogP contribution in [0.2, 0.25) is 0 Å². The maximum absolute atomic E-state index is 12.8. The van der Waals surface area contributed by atoms with Crippen LogP contribution in [0.1, 0.15) is 44.4 Å². The smallest absolute Gasteiger partial charge is 0.234 e. The normalized spacial score (nSPS) is 11.4. The number of hydrogen-bond donors (Lipinski definition) is 1. The van der Waals surface area contributed by atoms with Crippen LogP contribution in [-0.4, -0.2) is 33.0 Å². The highest BCUT2D eigenvalue weighted by Gasteiger charge is 2.19. The summed E-state index contributed by atoms with van der Waals surface area (Å²) < 4.78 is 7.62. The first-order valence-electron chi connectivity index (χ1n) is 12.4. The second kappa shape index (κ2) is 11.2. The molecule has 0 saturated carbocycles. The Morgan fingerprint density at radius 2 is 1.59 bits per heavy atom. The number of aromatic nitrogens is 3. The van der Waals surface area contributed by atoms with Gasteiger partial charge in [0.05, 0.1) is 12.4 Å². The largest absolute Gasteiger partial charge is 0.494 e. The molecule has 37 heavy (non-hydrogen) atoms. The summed E-state index contributed by atoms with van der Waals surface area (Å²) in [4.78, 5) is 12.8. The molecule has 4 rings (SSSR count). The van der Waals surface area contributed by atoms with Crippen LogP contribution < -0.4 is 10.1 Å². The van der Waals surface area contributed by atoms with Crippen molar-refractivity contribution in [3.8, 4) is 22.8 Å². The molecule has 0 aliphatic heterocycles. The number of carbonyl (C=O) groups excluding carboxylic acids is 1. The summed E-state index contributed by atoms with van der Waals surface area (Å²) >= 11 is 1.36. The number of thioether (sulfide) groups is 1. The van der Waals surface area contributed by atoms with E-state index in [9.17, 15) is 4.79 Å². The fourth-order valence-corrected chi connectivity index (χ4v) is 4.89. The lowest BCUT2D eigenvalue weighted by molar-refractivity contribution is -0.113. The highest BCUT2D eigenvalue weighted by atomic mass is 32.2. The number of nitrogens with zero attached hydrogens (tertiary/aromatic N) is 3. The minimum Gasteiger partial charge on any atom is -0.494 e. The van der Waals surface area contributed by atoms with Crippen molar-refractivity contribution in [2.75, 3.05) is 17.7 Å². The standard InChI is InChI=1S/C30H34N4O2S/c1-7-36-26-14-12-25(13-15-26)34-28(22-8-10-23(11-9-22)30(4,5)6)32-33-29(34)37-19-27(35)31-24-17-20(2)16-21(3)18-24/h8-18H,7,19H2,1-6H3,(H,31,35). The number of amides is 1. The maximum atomic E-state index is 12.8. The summed E-state index contributed by atoms with van der Waals surface area (Å²) in [5.41, 5.74) is 6.20. The van der Waals surface area contributed by atoms with Gasteiger partial charge in [0.15, 0.2) is 11.0 Å². The molecule has 0 fully saturated rings. The zero-order chi connectivity index (χ0) is 26.6. The van der Waals surface area contributed by atoms with E-state index in [1.54, 1.807) is 0 Å². The summed E-state index contributed by atoms with van der Waals surface area (Å²) in [5, 5.41) is 12.6. The van der Waals surface area contributed by atoms with Crippen LogP contribution in [0.3, 0.4) is 0 Å². The monoisotopic (exact) mass is 514 g/mol. The minimum atomic E-state index is -0.0904. The van der Waals surface area contributed by atoms with Gasteiger partial charge in [-0.1, -0.05) is 62.9 Å². The molecule has 0 unspecified atom stereocenters. The Bertz CT molecular complexity index is 1350. The van der Waals surface area contributed by atoms with Crippen molar-refractivity contribution >= 4 is 23.4 Å². The molecule has 6 nitrogen and oxygen atoms in total. The molecule has 3 aromatic carbocycles. The van der Waals surface area contributed by atoms with E-state index in [-0.39, 0.29) is 17.1 Å². The Kier molecular flexibility index (Phi) is 8.03. The second-order valence-electron chi connectivity index (χ2n) is 10.1. The minimum absolute atomic E-state index is 0.0610. The van der Waals surface area contributed by atoms with E-state index < -0.39 is 0 Å². The molecule has 0 aliphatic carbocycles. The van der Waals surface area contributed by atoms with Gasteiger partial charge in [0.2, 0.25) is 5.91 Å². The number of hydrogen-bond acceptors (Lipinski definition) is 5. The van der Waals surface area contributed by atoms with Crippen LogP contribution in [0, 0.1) is 13.8 Å². The molecule has 0 saturated heterocycles. The Morgan fingerprint density at radius 1 is 0.946 bits per heavy atom. The van der Waals surface area contributed by atoms with Gasteiger partial charge in [0.25, 0.3) is 0 Å². The van der Waals surface area contributed by atoms with Crippen LogP contribution >= 0.6 is 11.8 Å². The Labute approximate surface area is 223 Å². The molecule has 1 N–H and O–H groups in total. The van der Waals surface area contributed by atoms with Crippen LogP contribution in [-0.2, 0) is 10.2 Å². The summed E-state index contributed by atoms with van der Waals surface area (Å²) in [5.74, 6) is 1.65. The van der Waals surface area contributed by atoms with Crippen LogP contribution in [0.4, 0.5) is 5.69 Å². The molecule has 0 bridgehead atoms. The number of carbonyl (C=O) groups is 1. The summed E-state index contributed by atoms with van der Waals surface area (Å²) in [7, 11) is 0. The molecule has 1 aromatic heterocycles. The first kappa shape index (κ1) is 26.5. The molecular weight excluding hydrogens is 480 g/mol. The van der Waals surface area contributed by atoms with E-state index in [0.29, 0.717) is 11.8 Å². The number of ether oxygens (including phenoxy) is 1. The van der Waals surface area contributed by atoms with Crippen molar-refractivity contribution in [3.05, 3.63) is 83.4 Å². The molecule has 1 heterocycles. The van der Waals surface area contributed by atoms with Crippen molar-refractivity contribution in [2.24, 2.45) is 0 Å². The topological polar surface area (TPSA) is 69.0 Å². The van der Waals surface area contributed by atoms with Gasteiger partial charge in [-0.15, -0.1) is 10.2 Å². The van der Waals surface area contributed by atoms with E-state index in [2.05, 4.69) is 66.6 Å². The maximum Gasteiger partial charge on any atom is 0.234 e. The predicted octanol–water partition coefficient (Wildman–Crippen LogP) is 6.98. The lowest BCUT2D eigenvalue weighted by Crippen LogP contribution is -2.14. The fraction of sp³-hybridized carbons (Fsp3) is 0.300. The first-order chi connectivity index (χ1) is 17.6. The highest BCUT2D eigenvalue weighted by molar-refractivity contribution is 7.99. The molecule has 0 spiro atoms. The van der Waals surface area contributed by atoms with Crippen molar-refractivity contribution in [3.63, 3.8) is 0 Å². The summed E-state index contributed by atoms with van der Waals surface area (Å²) in [6, 6.07) is 22.3. The third-order valence-electron chi connectivity index (χ3n) is 5.89. The number of aryl methyl sites for hydroxylation is 2. The van der Waals surface area contributed by atoms with Gasteiger partial charge >= 0.3 is 0 Å². The molecule has 1 amide bonds. The SMILES string of the molecule is CCOc1ccc(-n2c(SCC(=O)Nc3cc(C)cc(C)c3)nnc2-c2ccc(C(C)(C)C)cc2)cc1. The number of rotatable bonds is 8. The van der Waals surface area contributed by atoms with Gasteiger partial charge in [0.1, 0.15) is 5.75 Å². The first-order valence-corrected chi connectivity index (χ1v) is 13.4. The zero-order valence-electron chi connectivity index (χ0n) is 22.3. The third-order valence-corrected chi connectivity index (χ3v) is 6.82. The molecule has 0 radical (unpaired) electrons. The van der Waals surface area contributed by atoms with E-state index in [0.717, 1.165) is 39.6 Å². The van der Waals surface area contributed by atoms with Crippen LogP contribution in [0.15, 0.2) is 71.9 Å². The van der Waals surface area contributed by atoms with Crippen LogP contribution in [0.25, 0.3) is 17.1 Å². The lowest BCUT2D eigenvalue weighted by Gasteiger charge is -2.19. The third kappa shape index (κ3) is 6.60. The number of nitrogens with one attached hydrogen (secondary N) is 1. The van der Waals surface area contributed by atoms with Gasteiger partial charge in [-0.05, 0) is 79.3 Å². The van der Waals surface area contributed by atoms with Gasteiger partial charge in [0, 0.05) is 16.9 Å². The van der Waals surface area contributed by atoms with E-state index in [1.165, 1.54) is 17.3 Å². The quantitative estimate of drug-likeness (QED) is 0.257. The zero-order valence-corrected chi connectivity index (χ0v) is 23.1. The van der Waals surface area contributed by atoms with Gasteiger partial charge in [-0.3, -0.25) is 9.36 Å². The molecule has 0 atom stereocenters. The van der Waals surface area contributed by atoms with Gasteiger partial charge in [-0.2, -0.15) is 0 Å². The van der Waals surface area contributed by atoms with Gasteiger partial charge in [-0.25, -0.2) is 0 Å². The Hall–Kier alpha value is -3.58. The number of benzene rings is 3. The molecule has 7 heteroatoms. The van der Waals surface area contributed by atoms with E-state index >= 15 is 0 Å². The average molecular weight is 515 g/mol. The van der Waals surface area contributed by atoms with Crippen molar-refractivity contribution < 1.29 is 9.53 Å². The second-order valence-corrected chi connectivity index (χ2v) is 11.1. The fourth-order valence-electron chi connectivity index (χ4n) is 4.13. The summed E-state index contributed by atoms with van der Waals surface area (Å²) in [6.07, 6.45) is 0. The predicted molar refractivity (Wildman–Crippen MR) is 152 cm³/mol. The molecular formula is C30H34N4O2S. The highest BCUT2D eigenvalue weighted by Crippen LogP contribution is 2.31. The summed E-state index contributed by atoms with van der Waals surface area (Å²) in [6.45, 7) is 13.2. The molecule has 0 aliphatic rings. The molecule has 192 valence electrons. The van der Waals surface area contributed by atoms with E-state index in [4.69, 9.17) is 4.74 Å². The Morgan fingerprint density at radius 3 is 2.19 bits per heavy atom. The number of anilines is 1.